The Bertz CT molecular complexity index is 173. The molecule has 39 valence electrons. The Balaban J connectivity index is 2.99. The lowest BCUT2D eigenvalue weighted by atomic mass is 10.5. The lowest BCUT2D eigenvalue weighted by Gasteiger charge is -1.81. The molecule has 0 bridgehead atoms. The Hall–Kier alpha value is -0.830. The Labute approximate surface area is 52.6 Å². The van der Waals surface area contributed by atoms with Gasteiger partial charge in [-0.2, -0.15) is 0 Å². The number of hydrogen-bond acceptors (Lipinski definition) is 3. The zero-order chi connectivity index (χ0) is 5.82. The van der Waals surface area contributed by atoms with Crippen LogP contribution in [0.25, 0.3) is 0 Å². The molecule has 0 N–H and O–H groups in total. The number of nitrogens with zero attached hydrogens (tertiary/aromatic N) is 2. The summed E-state index contributed by atoms with van der Waals surface area (Å²) in [6, 6.07) is 0. The average molecular weight is 123 g/mol. The minimum atomic E-state index is 0.613. The van der Waals surface area contributed by atoms with Crippen LogP contribution in [0.1, 0.15) is 5.69 Å². The van der Waals surface area contributed by atoms with E-state index < -0.39 is 0 Å². The Morgan fingerprint density at radius 2 is 2.38 bits per heavy atom. The molecule has 0 atom stereocenters. The van der Waals surface area contributed by atoms with Gasteiger partial charge in [-0.1, -0.05) is 12.2 Å². The Morgan fingerprint density at radius 1 is 1.50 bits per heavy atom. The summed E-state index contributed by atoms with van der Waals surface area (Å²) in [5, 5.41) is 2.44. The van der Waals surface area contributed by atoms with Crippen LogP contribution in [-0.2, 0) is 0 Å². The highest BCUT2D eigenvalue weighted by Gasteiger charge is 1.81. The fourth-order valence-electron chi connectivity index (χ4n) is 0.352. The Morgan fingerprint density at radius 3 is 2.75 bits per heavy atom. The van der Waals surface area contributed by atoms with Crippen LogP contribution in [0, 0.1) is 0 Å². The van der Waals surface area contributed by atoms with Crippen molar-refractivity contribution in [3.05, 3.63) is 24.3 Å². The van der Waals surface area contributed by atoms with E-state index in [0.717, 1.165) is 0 Å². The summed E-state index contributed by atoms with van der Waals surface area (Å²) in [7, 11) is 0. The first-order chi connectivity index (χ1) is 3.93. The third-order valence-corrected chi connectivity index (χ3v) is 0.877. The van der Waals surface area contributed by atoms with E-state index in [9.17, 15) is 0 Å². The summed E-state index contributed by atoms with van der Waals surface area (Å²) < 4.78 is 0. The summed E-state index contributed by atoms with van der Waals surface area (Å²) >= 11 is 4.47. The molecule has 1 aromatic rings. The van der Waals surface area contributed by atoms with Crippen LogP contribution in [0.5, 0.6) is 0 Å². The van der Waals surface area contributed by atoms with Gasteiger partial charge in [0.05, 0.1) is 11.6 Å². The van der Waals surface area contributed by atoms with Gasteiger partial charge in [0.15, 0.2) is 0 Å². The van der Waals surface area contributed by atoms with E-state index in [-0.39, 0.29) is 0 Å². The zero-order valence-electron chi connectivity index (χ0n) is 4.03. The van der Waals surface area contributed by atoms with Crippen molar-refractivity contribution in [3.63, 3.8) is 0 Å². The summed E-state index contributed by atoms with van der Waals surface area (Å²) in [6.45, 7) is 0. The van der Waals surface area contributed by atoms with Gasteiger partial charge in [-0.3, -0.25) is 9.97 Å². The van der Waals surface area contributed by atoms with E-state index in [4.69, 9.17) is 0 Å². The predicted molar refractivity (Wildman–Crippen MR) is 33.7 cm³/mol. The number of aromatic nitrogens is 2. The van der Waals surface area contributed by atoms with Gasteiger partial charge in [0.25, 0.3) is 0 Å². The molecule has 0 aliphatic carbocycles. The molecule has 8 heavy (non-hydrogen) atoms. The number of thiocarbonyl (C=S) groups is 1. The van der Waals surface area contributed by atoms with Crippen LogP contribution >= 0.6 is 12.2 Å². The molecule has 0 aromatic carbocycles. The van der Waals surface area contributed by atoms with E-state index in [1.807, 2.05) is 0 Å². The quantitative estimate of drug-likeness (QED) is 0.514. The van der Waals surface area contributed by atoms with Gasteiger partial charge in [-0.05, 0) is 0 Å². The molecule has 2 nitrogen and oxygen atoms in total. The molecule has 0 amide bonds. The lowest BCUT2D eigenvalue weighted by molar-refractivity contribution is 1.19. The molecule has 1 heterocycles. The van der Waals surface area contributed by atoms with E-state index >= 15 is 0 Å². The van der Waals surface area contributed by atoms with Crippen molar-refractivity contribution < 1.29 is 0 Å². The normalized spacial score (nSPS) is 8.50. The van der Waals surface area contributed by atoms with Crippen molar-refractivity contribution in [1.29, 1.82) is 0 Å². The molecular weight excluding hydrogens is 120 g/mol. The van der Waals surface area contributed by atoms with Crippen molar-refractivity contribution in [3.8, 4) is 0 Å². The highest BCUT2D eigenvalue weighted by atomic mass is 32.1. The van der Waals surface area contributed by atoms with Crippen molar-refractivity contribution in [2.45, 2.75) is 0 Å². The monoisotopic (exact) mass is 123 g/mol. The standard InChI is InChI=1S/C5H3N2S/c8-4-5-3-6-1-2-7-5/h1-3H. The third-order valence-electron chi connectivity index (χ3n) is 0.668. The second kappa shape index (κ2) is 2.47. The third kappa shape index (κ3) is 1.07. The zero-order valence-corrected chi connectivity index (χ0v) is 4.85. The van der Waals surface area contributed by atoms with Gasteiger partial charge < -0.3 is 0 Å². The summed E-state index contributed by atoms with van der Waals surface area (Å²) in [5.74, 6) is 0. The maximum Gasteiger partial charge on any atom is 0.101 e. The summed E-state index contributed by atoms with van der Waals surface area (Å²) in [4.78, 5) is 7.58. The van der Waals surface area contributed by atoms with E-state index in [1.165, 1.54) is 0 Å². The van der Waals surface area contributed by atoms with Crippen LogP contribution in [0.3, 0.4) is 0 Å². The lowest BCUT2D eigenvalue weighted by Crippen LogP contribution is -1.83. The van der Waals surface area contributed by atoms with Crippen molar-refractivity contribution in [2.75, 3.05) is 0 Å². The molecule has 0 aliphatic rings. The number of hydrogen-bond donors (Lipinski definition) is 0. The van der Waals surface area contributed by atoms with Gasteiger partial charge in [0, 0.05) is 12.4 Å². The van der Waals surface area contributed by atoms with Crippen LogP contribution in [0.15, 0.2) is 18.6 Å². The minimum absolute atomic E-state index is 0.613. The molecular formula is C5H3N2S. The fraction of sp³-hybridized carbons (Fsp3) is 0. The average Bonchev–Trinajstić information content (AvgIpc) is 1.90. The maximum atomic E-state index is 4.47. The highest BCUT2D eigenvalue weighted by molar-refractivity contribution is 7.79. The second-order valence-corrected chi connectivity index (χ2v) is 1.40. The fourth-order valence-corrected chi connectivity index (χ4v) is 0.457. The molecule has 0 aliphatic heterocycles. The van der Waals surface area contributed by atoms with Crippen molar-refractivity contribution >= 4 is 17.6 Å². The molecule has 0 saturated carbocycles. The van der Waals surface area contributed by atoms with Crippen LogP contribution < -0.4 is 0 Å². The number of rotatable bonds is 1. The van der Waals surface area contributed by atoms with Gasteiger partial charge in [0.1, 0.15) is 5.69 Å². The molecule has 0 fully saturated rings. The first-order valence-electron chi connectivity index (χ1n) is 2.07. The van der Waals surface area contributed by atoms with Crippen molar-refractivity contribution in [2.24, 2.45) is 0 Å². The topological polar surface area (TPSA) is 25.8 Å². The van der Waals surface area contributed by atoms with Gasteiger partial charge in [0.2, 0.25) is 0 Å². The molecule has 1 rings (SSSR count). The minimum Gasteiger partial charge on any atom is -0.261 e. The molecule has 0 saturated heterocycles. The second-order valence-electron chi connectivity index (χ2n) is 1.19. The molecule has 0 unspecified atom stereocenters. The van der Waals surface area contributed by atoms with Gasteiger partial charge in [-0.15, -0.1) is 0 Å². The maximum absolute atomic E-state index is 4.47. The first kappa shape index (κ1) is 5.31. The molecule has 1 aromatic heterocycles. The van der Waals surface area contributed by atoms with E-state index in [2.05, 4.69) is 27.6 Å². The molecule has 1 radical (unpaired) electrons. The van der Waals surface area contributed by atoms with E-state index in [1.54, 1.807) is 18.6 Å². The van der Waals surface area contributed by atoms with Gasteiger partial charge >= 0.3 is 0 Å². The highest BCUT2D eigenvalue weighted by Crippen LogP contribution is 1.81. The molecule has 3 heteroatoms. The Kier molecular flexibility index (Phi) is 1.64. The van der Waals surface area contributed by atoms with Crippen molar-refractivity contribution in [1.82, 2.24) is 9.97 Å². The molecule has 0 spiro atoms. The first-order valence-corrected chi connectivity index (χ1v) is 2.48. The van der Waals surface area contributed by atoms with Crippen LogP contribution in [0.2, 0.25) is 0 Å². The largest absolute Gasteiger partial charge is 0.261 e. The SMILES string of the molecule is S=[C]c1cnccn1. The summed E-state index contributed by atoms with van der Waals surface area (Å²) in [6.07, 6.45) is 4.73. The smallest absolute Gasteiger partial charge is 0.101 e. The van der Waals surface area contributed by atoms with Crippen LogP contribution in [-0.4, -0.2) is 15.3 Å². The predicted octanol–water partition coefficient (Wildman–Crippen LogP) is 0.701. The van der Waals surface area contributed by atoms with Gasteiger partial charge in [-0.25, -0.2) is 0 Å². The van der Waals surface area contributed by atoms with E-state index in [0.29, 0.717) is 5.69 Å². The van der Waals surface area contributed by atoms with Crippen LogP contribution in [0.4, 0.5) is 0 Å². The summed E-state index contributed by atoms with van der Waals surface area (Å²) in [5.41, 5.74) is 0.613.